The number of halogens is 3. The van der Waals surface area contributed by atoms with Gasteiger partial charge in [0.1, 0.15) is 12.4 Å². The summed E-state index contributed by atoms with van der Waals surface area (Å²) in [6.07, 6.45) is -4.36. The molecule has 2 rings (SSSR count). The lowest BCUT2D eigenvalue weighted by molar-refractivity contribution is -0.384. The number of nitro groups is 1. The van der Waals surface area contributed by atoms with Crippen LogP contribution < -0.4 is 4.74 Å². The molecule has 0 aliphatic carbocycles. The van der Waals surface area contributed by atoms with Gasteiger partial charge in [-0.3, -0.25) is 10.1 Å². The van der Waals surface area contributed by atoms with Crippen LogP contribution in [0.25, 0.3) is 0 Å². The summed E-state index contributed by atoms with van der Waals surface area (Å²) in [5.74, 6) is 0.403. The first-order valence-electron chi connectivity index (χ1n) is 5.89. The lowest BCUT2D eigenvalue weighted by atomic mass is 10.1. The molecular formula is C14H10F3NO3. The Morgan fingerprint density at radius 2 is 1.57 bits per heavy atom. The number of alkyl halides is 3. The van der Waals surface area contributed by atoms with E-state index in [4.69, 9.17) is 4.74 Å². The smallest absolute Gasteiger partial charge is 0.416 e. The SMILES string of the molecule is O=[N+]([O-])c1ccc(OCc2ccc(C(F)(F)F)cc2)cc1. The summed E-state index contributed by atoms with van der Waals surface area (Å²) in [6.45, 7) is 0.0793. The van der Waals surface area contributed by atoms with Crippen molar-refractivity contribution in [2.45, 2.75) is 12.8 Å². The predicted octanol–water partition coefficient (Wildman–Crippen LogP) is 4.19. The zero-order chi connectivity index (χ0) is 15.5. The third kappa shape index (κ3) is 3.95. The summed E-state index contributed by atoms with van der Waals surface area (Å²) in [7, 11) is 0. The Kier molecular flexibility index (Phi) is 4.11. The summed E-state index contributed by atoms with van der Waals surface area (Å²) in [5, 5.41) is 10.5. The highest BCUT2D eigenvalue weighted by Crippen LogP contribution is 2.29. The topological polar surface area (TPSA) is 52.4 Å². The molecule has 0 heterocycles. The van der Waals surface area contributed by atoms with Crippen molar-refractivity contribution in [2.24, 2.45) is 0 Å². The zero-order valence-corrected chi connectivity index (χ0v) is 10.6. The van der Waals surface area contributed by atoms with Crippen molar-refractivity contribution >= 4 is 5.69 Å². The van der Waals surface area contributed by atoms with Crippen LogP contribution in [-0.2, 0) is 12.8 Å². The Labute approximate surface area is 117 Å². The normalized spacial score (nSPS) is 11.2. The maximum absolute atomic E-state index is 12.4. The van der Waals surface area contributed by atoms with E-state index in [2.05, 4.69) is 0 Å². The molecule has 2 aromatic rings. The van der Waals surface area contributed by atoms with E-state index in [9.17, 15) is 23.3 Å². The summed E-state index contributed by atoms with van der Waals surface area (Å²) < 4.78 is 42.5. The molecule has 110 valence electrons. The van der Waals surface area contributed by atoms with E-state index < -0.39 is 16.7 Å². The Morgan fingerprint density at radius 1 is 1.00 bits per heavy atom. The highest BCUT2D eigenvalue weighted by atomic mass is 19.4. The number of non-ortho nitro benzene ring substituents is 1. The van der Waals surface area contributed by atoms with Gasteiger partial charge in [-0.05, 0) is 29.8 Å². The van der Waals surface area contributed by atoms with Gasteiger partial charge in [0.15, 0.2) is 0 Å². The monoisotopic (exact) mass is 297 g/mol. The molecule has 0 aromatic heterocycles. The van der Waals surface area contributed by atoms with E-state index in [1.807, 2.05) is 0 Å². The van der Waals surface area contributed by atoms with Crippen LogP contribution in [0, 0.1) is 10.1 Å². The highest BCUT2D eigenvalue weighted by molar-refractivity contribution is 5.36. The average Bonchev–Trinajstić information content (AvgIpc) is 2.45. The molecule has 0 atom stereocenters. The van der Waals surface area contributed by atoms with Crippen LogP contribution in [0.2, 0.25) is 0 Å². The summed E-state index contributed by atoms with van der Waals surface area (Å²) >= 11 is 0. The van der Waals surface area contributed by atoms with Gasteiger partial charge in [0.05, 0.1) is 10.5 Å². The van der Waals surface area contributed by atoms with Gasteiger partial charge >= 0.3 is 6.18 Å². The first-order chi connectivity index (χ1) is 9.86. The number of hydrogen-bond acceptors (Lipinski definition) is 3. The summed E-state index contributed by atoms with van der Waals surface area (Å²) in [6, 6.07) is 10.1. The predicted molar refractivity (Wildman–Crippen MR) is 68.9 cm³/mol. The molecule has 0 radical (unpaired) electrons. The van der Waals surface area contributed by atoms with Crippen molar-refractivity contribution in [2.75, 3.05) is 0 Å². The van der Waals surface area contributed by atoms with Crippen LogP contribution in [0.5, 0.6) is 5.75 Å². The molecular weight excluding hydrogens is 287 g/mol. The second kappa shape index (κ2) is 5.82. The molecule has 0 bridgehead atoms. The minimum absolute atomic E-state index is 0.0584. The molecule has 4 nitrogen and oxygen atoms in total. The van der Waals surface area contributed by atoms with Crippen molar-refractivity contribution in [1.29, 1.82) is 0 Å². The summed E-state index contributed by atoms with van der Waals surface area (Å²) in [5.41, 5.74) is -0.209. The number of ether oxygens (including phenoxy) is 1. The maximum Gasteiger partial charge on any atom is 0.416 e. The average molecular weight is 297 g/mol. The molecule has 0 N–H and O–H groups in total. The van der Waals surface area contributed by atoms with Crippen LogP contribution in [0.4, 0.5) is 18.9 Å². The quantitative estimate of drug-likeness (QED) is 0.628. The Morgan fingerprint density at radius 3 is 2.05 bits per heavy atom. The fraction of sp³-hybridized carbons (Fsp3) is 0.143. The Balaban J connectivity index is 1.98. The zero-order valence-electron chi connectivity index (χ0n) is 10.6. The molecule has 21 heavy (non-hydrogen) atoms. The number of hydrogen-bond donors (Lipinski definition) is 0. The minimum Gasteiger partial charge on any atom is -0.489 e. The van der Waals surface area contributed by atoms with Crippen molar-refractivity contribution in [3.63, 3.8) is 0 Å². The van der Waals surface area contributed by atoms with Crippen LogP contribution >= 0.6 is 0 Å². The fourth-order valence-corrected chi connectivity index (χ4v) is 1.62. The van der Waals surface area contributed by atoms with Crippen LogP contribution in [0.3, 0.4) is 0 Å². The van der Waals surface area contributed by atoms with Crippen LogP contribution in [0.1, 0.15) is 11.1 Å². The highest BCUT2D eigenvalue weighted by Gasteiger charge is 2.29. The van der Waals surface area contributed by atoms with Gasteiger partial charge < -0.3 is 4.74 Å². The molecule has 0 fully saturated rings. The standard InChI is InChI=1S/C14H10F3NO3/c15-14(16,17)11-3-1-10(2-4-11)9-21-13-7-5-12(6-8-13)18(19)20/h1-8H,9H2. The first kappa shape index (κ1) is 14.8. The van der Waals surface area contributed by atoms with Crippen LogP contribution in [-0.4, -0.2) is 4.92 Å². The van der Waals surface area contributed by atoms with E-state index >= 15 is 0 Å². The van der Waals surface area contributed by atoms with Gasteiger partial charge in [0, 0.05) is 12.1 Å². The molecule has 0 aliphatic heterocycles. The van der Waals surface area contributed by atoms with Gasteiger partial charge in [0.25, 0.3) is 5.69 Å². The Hall–Kier alpha value is -2.57. The van der Waals surface area contributed by atoms with Crippen LogP contribution in [0.15, 0.2) is 48.5 Å². The van der Waals surface area contributed by atoms with E-state index in [1.54, 1.807) is 0 Å². The molecule has 0 spiro atoms. The maximum atomic E-state index is 12.4. The van der Waals surface area contributed by atoms with Crippen molar-refractivity contribution < 1.29 is 22.8 Å². The number of nitro benzene ring substituents is 1. The van der Waals surface area contributed by atoms with Gasteiger partial charge in [-0.25, -0.2) is 0 Å². The lowest BCUT2D eigenvalue weighted by Crippen LogP contribution is -2.05. The fourth-order valence-electron chi connectivity index (χ4n) is 1.62. The number of benzene rings is 2. The van der Waals surface area contributed by atoms with Crippen molar-refractivity contribution in [3.8, 4) is 5.75 Å². The molecule has 0 saturated carbocycles. The largest absolute Gasteiger partial charge is 0.489 e. The van der Waals surface area contributed by atoms with Crippen molar-refractivity contribution in [1.82, 2.24) is 0 Å². The lowest BCUT2D eigenvalue weighted by Gasteiger charge is -2.09. The number of nitrogens with zero attached hydrogens (tertiary/aromatic N) is 1. The molecule has 0 aliphatic rings. The third-order valence-electron chi connectivity index (χ3n) is 2.73. The number of rotatable bonds is 4. The molecule has 2 aromatic carbocycles. The van der Waals surface area contributed by atoms with E-state index in [-0.39, 0.29) is 12.3 Å². The van der Waals surface area contributed by atoms with E-state index in [0.29, 0.717) is 11.3 Å². The van der Waals surface area contributed by atoms with Gasteiger partial charge in [-0.15, -0.1) is 0 Å². The van der Waals surface area contributed by atoms with Gasteiger partial charge in [0.2, 0.25) is 0 Å². The summed E-state index contributed by atoms with van der Waals surface area (Å²) in [4.78, 5) is 9.95. The van der Waals surface area contributed by atoms with Crippen molar-refractivity contribution in [3.05, 3.63) is 69.8 Å². The molecule has 0 unspecified atom stereocenters. The second-order valence-corrected chi connectivity index (χ2v) is 4.23. The van der Waals surface area contributed by atoms with E-state index in [0.717, 1.165) is 12.1 Å². The van der Waals surface area contributed by atoms with E-state index in [1.165, 1.54) is 36.4 Å². The minimum atomic E-state index is -4.36. The Bertz CT molecular complexity index is 621. The van der Waals surface area contributed by atoms with Gasteiger partial charge in [-0.1, -0.05) is 12.1 Å². The van der Waals surface area contributed by atoms with Gasteiger partial charge in [-0.2, -0.15) is 13.2 Å². The molecule has 0 amide bonds. The first-order valence-corrected chi connectivity index (χ1v) is 5.89. The molecule has 7 heteroatoms. The molecule has 0 saturated heterocycles. The third-order valence-corrected chi connectivity index (χ3v) is 2.73. The second-order valence-electron chi connectivity index (χ2n) is 4.23.